The standard InChI is InChI=1S/C12H12F3N3O/c1-8-4-11(18-19-8)7-16-6-10-3-2-9(5-17-10)12(13,14)15/h2-5,16H,6-7H2,1H3. The fourth-order valence-corrected chi connectivity index (χ4v) is 1.52. The minimum atomic E-state index is -4.35. The van der Waals surface area contributed by atoms with Crippen LogP contribution in [0, 0.1) is 6.92 Å². The fraction of sp³-hybridized carbons (Fsp3) is 0.333. The van der Waals surface area contributed by atoms with Crippen LogP contribution in [0.5, 0.6) is 0 Å². The number of hydrogen-bond donors (Lipinski definition) is 1. The van der Waals surface area contributed by atoms with E-state index in [1.54, 1.807) is 13.0 Å². The van der Waals surface area contributed by atoms with Gasteiger partial charge in [-0.05, 0) is 19.1 Å². The van der Waals surface area contributed by atoms with Crippen LogP contribution >= 0.6 is 0 Å². The number of nitrogens with one attached hydrogen (secondary N) is 1. The van der Waals surface area contributed by atoms with Crippen molar-refractivity contribution < 1.29 is 17.7 Å². The van der Waals surface area contributed by atoms with Crippen LogP contribution in [0.1, 0.15) is 22.7 Å². The van der Waals surface area contributed by atoms with Gasteiger partial charge in [0.2, 0.25) is 0 Å². The number of pyridine rings is 1. The van der Waals surface area contributed by atoms with Crippen molar-refractivity contribution in [2.75, 3.05) is 0 Å². The zero-order valence-electron chi connectivity index (χ0n) is 10.2. The highest BCUT2D eigenvalue weighted by Crippen LogP contribution is 2.28. The van der Waals surface area contributed by atoms with Gasteiger partial charge in [-0.25, -0.2) is 0 Å². The van der Waals surface area contributed by atoms with Gasteiger partial charge < -0.3 is 9.84 Å². The summed E-state index contributed by atoms with van der Waals surface area (Å²) in [6, 6.07) is 4.15. The van der Waals surface area contributed by atoms with E-state index < -0.39 is 11.7 Å². The number of rotatable bonds is 4. The topological polar surface area (TPSA) is 51.0 Å². The maximum Gasteiger partial charge on any atom is 0.417 e. The van der Waals surface area contributed by atoms with Gasteiger partial charge in [-0.1, -0.05) is 5.16 Å². The Morgan fingerprint density at radius 1 is 1.21 bits per heavy atom. The molecule has 0 aliphatic rings. The van der Waals surface area contributed by atoms with E-state index in [2.05, 4.69) is 15.5 Å². The third-order valence-corrected chi connectivity index (χ3v) is 2.44. The normalized spacial score (nSPS) is 11.8. The van der Waals surface area contributed by atoms with Gasteiger partial charge in [-0.2, -0.15) is 13.2 Å². The van der Waals surface area contributed by atoms with Crippen molar-refractivity contribution in [2.45, 2.75) is 26.2 Å². The third kappa shape index (κ3) is 3.78. The molecule has 0 aliphatic heterocycles. The summed E-state index contributed by atoms with van der Waals surface area (Å²) in [4.78, 5) is 3.76. The fourth-order valence-electron chi connectivity index (χ4n) is 1.52. The molecule has 0 spiro atoms. The van der Waals surface area contributed by atoms with Crippen molar-refractivity contribution in [1.82, 2.24) is 15.5 Å². The largest absolute Gasteiger partial charge is 0.417 e. The third-order valence-electron chi connectivity index (χ3n) is 2.44. The lowest BCUT2D eigenvalue weighted by Crippen LogP contribution is -2.14. The second-order valence-electron chi connectivity index (χ2n) is 4.07. The zero-order valence-corrected chi connectivity index (χ0v) is 10.2. The SMILES string of the molecule is Cc1cc(CNCc2ccc(C(F)(F)F)cn2)no1. The maximum absolute atomic E-state index is 12.3. The van der Waals surface area contributed by atoms with Crippen LogP contribution in [-0.2, 0) is 19.3 Å². The molecule has 0 atom stereocenters. The van der Waals surface area contributed by atoms with Gasteiger partial charge >= 0.3 is 6.18 Å². The van der Waals surface area contributed by atoms with Gasteiger partial charge in [-0.3, -0.25) is 4.98 Å². The highest BCUT2D eigenvalue weighted by molar-refractivity contribution is 5.16. The Bertz CT molecular complexity index is 534. The van der Waals surface area contributed by atoms with Gasteiger partial charge in [0.1, 0.15) is 5.76 Å². The van der Waals surface area contributed by atoms with E-state index in [1.165, 1.54) is 6.07 Å². The summed E-state index contributed by atoms with van der Waals surface area (Å²) in [5.41, 5.74) is 0.529. The average Bonchev–Trinajstić information content (AvgIpc) is 2.75. The minimum Gasteiger partial charge on any atom is -0.361 e. The van der Waals surface area contributed by atoms with E-state index in [0.717, 1.165) is 18.0 Å². The molecule has 19 heavy (non-hydrogen) atoms. The molecular formula is C12H12F3N3O. The molecule has 2 aromatic heterocycles. The van der Waals surface area contributed by atoms with E-state index in [0.29, 0.717) is 24.5 Å². The molecule has 0 amide bonds. The molecule has 0 saturated carbocycles. The lowest BCUT2D eigenvalue weighted by molar-refractivity contribution is -0.137. The first kappa shape index (κ1) is 13.5. The van der Waals surface area contributed by atoms with Crippen molar-refractivity contribution in [1.29, 1.82) is 0 Å². The van der Waals surface area contributed by atoms with Crippen LogP contribution in [0.25, 0.3) is 0 Å². The molecule has 2 heterocycles. The summed E-state index contributed by atoms with van der Waals surface area (Å²) < 4.78 is 41.9. The second kappa shape index (κ2) is 5.40. The molecule has 1 N–H and O–H groups in total. The summed E-state index contributed by atoms with van der Waals surface area (Å²) in [5.74, 6) is 0.712. The van der Waals surface area contributed by atoms with Crippen molar-refractivity contribution in [3.63, 3.8) is 0 Å². The van der Waals surface area contributed by atoms with Gasteiger partial charge in [0.05, 0.1) is 17.0 Å². The average molecular weight is 271 g/mol. The molecular weight excluding hydrogens is 259 g/mol. The first-order chi connectivity index (χ1) is 8.95. The van der Waals surface area contributed by atoms with Gasteiger partial charge in [0, 0.05) is 25.4 Å². The van der Waals surface area contributed by atoms with E-state index in [1.807, 2.05) is 0 Å². The number of hydrogen-bond acceptors (Lipinski definition) is 4. The van der Waals surface area contributed by atoms with Crippen LogP contribution < -0.4 is 5.32 Å². The molecule has 0 aliphatic carbocycles. The molecule has 102 valence electrons. The predicted octanol–water partition coefficient (Wildman–Crippen LogP) is 2.69. The van der Waals surface area contributed by atoms with Crippen molar-refractivity contribution in [2.24, 2.45) is 0 Å². The van der Waals surface area contributed by atoms with E-state index in [4.69, 9.17) is 4.52 Å². The smallest absolute Gasteiger partial charge is 0.361 e. The summed E-state index contributed by atoms with van der Waals surface area (Å²) in [6.07, 6.45) is -3.52. The number of aromatic nitrogens is 2. The van der Waals surface area contributed by atoms with Crippen LogP contribution in [0.3, 0.4) is 0 Å². The van der Waals surface area contributed by atoms with Crippen LogP contribution in [0.15, 0.2) is 28.9 Å². The lowest BCUT2D eigenvalue weighted by Gasteiger charge is -2.07. The lowest BCUT2D eigenvalue weighted by atomic mass is 10.2. The number of alkyl halides is 3. The molecule has 0 bridgehead atoms. The quantitative estimate of drug-likeness (QED) is 0.928. The molecule has 0 aromatic carbocycles. The summed E-state index contributed by atoms with van der Waals surface area (Å²) in [5, 5.41) is 6.81. The van der Waals surface area contributed by atoms with E-state index in [-0.39, 0.29) is 0 Å². The van der Waals surface area contributed by atoms with Gasteiger partial charge in [-0.15, -0.1) is 0 Å². The Hall–Kier alpha value is -1.89. The highest BCUT2D eigenvalue weighted by Gasteiger charge is 2.30. The first-order valence-corrected chi connectivity index (χ1v) is 5.60. The maximum atomic E-state index is 12.3. The zero-order chi connectivity index (χ0) is 13.9. The second-order valence-corrected chi connectivity index (χ2v) is 4.07. The Morgan fingerprint density at radius 2 is 1.95 bits per heavy atom. The number of nitrogens with zero attached hydrogens (tertiary/aromatic N) is 2. The van der Waals surface area contributed by atoms with E-state index in [9.17, 15) is 13.2 Å². The highest BCUT2D eigenvalue weighted by atomic mass is 19.4. The minimum absolute atomic E-state index is 0.365. The Balaban J connectivity index is 1.86. The number of halogens is 3. The monoisotopic (exact) mass is 271 g/mol. The van der Waals surface area contributed by atoms with Crippen LogP contribution in [0.2, 0.25) is 0 Å². The number of aryl methyl sites for hydroxylation is 1. The molecule has 2 aromatic rings. The molecule has 2 rings (SSSR count). The molecule has 0 unspecified atom stereocenters. The van der Waals surface area contributed by atoms with Crippen LogP contribution in [0.4, 0.5) is 13.2 Å². The summed E-state index contributed by atoms with van der Waals surface area (Å²) in [7, 11) is 0. The Kier molecular flexibility index (Phi) is 3.84. The molecule has 0 radical (unpaired) electrons. The molecule has 0 fully saturated rings. The first-order valence-electron chi connectivity index (χ1n) is 5.60. The Labute approximate surface area is 107 Å². The van der Waals surface area contributed by atoms with Crippen molar-refractivity contribution in [3.05, 3.63) is 47.1 Å². The molecule has 4 nitrogen and oxygen atoms in total. The molecule has 0 saturated heterocycles. The summed E-state index contributed by atoms with van der Waals surface area (Å²) in [6.45, 7) is 2.62. The molecule has 7 heteroatoms. The van der Waals surface area contributed by atoms with Crippen molar-refractivity contribution >= 4 is 0 Å². The van der Waals surface area contributed by atoms with Crippen molar-refractivity contribution in [3.8, 4) is 0 Å². The Morgan fingerprint density at radius 3 is 2.47 bits per heavy atom. The van der Waals surface area contributed by atoms with Gasteiger partial charge in [0.15, 0.2) is 0 Å². The summed E-state index contributed by atoms with van der Waals surface area (Å²) >= 11 is 0. The van der Waals surface area contributed by atoms with Gasteiger partial charge in [0.25, 0.3) is 0 Å². The van der Waals surface area contributed by atoms with E-state index >= 15 is 0 Å². The van der Waals surface area contributed by atoms with Crippen LogP contribution in [-0.4, -0.2) is 10.1 Å². The predicted molar refractivity (Wildman–Crippen MR) is 61.0 cm³/mol.